The molecule has 0 aliphatic carbocycles. The molecule has 2 N–H and O–H groups in total. The Balaban J connectivity index is 1.54. The number of hydrogen-bond donors (Lipinski definition) is 2. The van der Waals surface area contributed by atoms with Gasteiger partial charge in [0.15, 0.2) is 9.84 Å². The van der Waals surface area contributed by atoms with Crippen molar-refractivity contribution in [1.29, 1.82) is 0 Å². The van der Waals surface area contributed by atoms with E-state index >= 15 is 0 Å². The van der Waals surface area contributed by atoms with Crippen LogP contribution in [0, 0.1) is 0 Å². The van der Waals surface area contributed by atoms with Crippen molar-refractivity contribution >= 4 is 27.5 Å². The van der Waals surface area contributed by atoms with E-state index in [-0.39, 0.29) is 22.7 Å². The van der Waals surface area contributed by atoms with Gasteiger partial charge in [-0.1, -0.05) is 0 Å². The van der Waals surface area contributed by atoms with Gasteiger partial charge in [-0.3, -0.25) is 4.79 Å². The Kier molecular flexibility index (Phi) is 5.47. The number of nitrogens with one attached hydrogen (secondary N) is 2. The van der Waals surface area contributed by atoms with E-state index in [1.165, 1.54) is 11.8 Å². The summed E-state index contributed by atoms with van der Waals surface area (Å²) in [6.45, 7) is 0.614. The predicted octanol–water partition coefficient (Wildman–Crippen LogP) is 0.379. The number of sulfone groups is 1. The highest BCUT2D eigenvalue weighted by molar-refractivity contribution is 8.02. The lowest BCUT2D eigenvalue weighted by molar-refractivity contribution is -0.118. The zero-order valence-electron chi connectivity index (χ0n) is 11.2. The van der Waals surface area contributed by atoms with E-state index in [4.69, 9.17) is 0 Å². The third-order valence-corrected chi connectivity index (χ3v) is 6.39. The molecule has 0 radical (unpaired) electrons. The fourth-order valence-corrected chi connectivity index (χ4v) is 5.53. The first kappa shape index (κ1) is 15.4. The summed E-state index contributed by atoms with van der Waals surface area (Å²) in [7, 11) is -2.85. The van der Waals surface area contributed by atoms with Gasteiger partial charge in [0.1, 0.15) is 5.82 Å². The average molecular weight is 317 g/mol. The topological polar surface area (TPSA) is 91.9 Å². The minimum atomic E-state index is -2.85. The Morgan fingerprint density at radius 1 is 1.55 bits per heavy atom. The van der Waals surface area contributed by atoms with Crippen molar-refractivity contribution in [3.05, 3.63) is 18.2 Å². The minimum absolute atomic E-state index is 0.0289. The fourth-order valence-electron chi connectivity index (χ4n) is 2.06. The average Bonchev–Trinajstić information content (AvgIpc) is 3.01. The largest absolute Gasteiger partial charge is 0.355 e. The van der Waals surface area contributed by atoms with Crippen LogP contribution in [0.2, 0.25) is 0 Å². The van der Waals surface area contributed by atoms with Gasteiger partial charge >= 0.3 is 0 Å². The van der Waals surface area contributed by atoms with E-state index < -0.39 is 9.84 Å². The molecule has 0 saturated carbocycles. The molecule has 1 aromatic heterocycles. The second-order valence-electron chi connectivity index (χ2n) is 4.83. The Hall–Kier alpha value is -1.02. The number of carbonyl (C=O) groups excluding carboxylic acids is 1. The lowest BCUT2D eigenvalue weighted by Crippen LogP contribution is -2.27. The molecular weight excluding hydrogens is 298 g/mol. The van der Waals surface area contributed by atoms with Crippen LogP contribution < -0.4 is 5.32 Å². The SMILES string of the molecule is O=C(CSC1CCS(=O)(=O)C1)NCCCc1ncc[nH]1. The van der Waals surface area contributed by atoms with E-state index in [1.807, 2.05) is 0 Å². The van der Waals surface area contributed by atoms with Crippen molar-refractivity contribution in [3.8, 4) is 0 Å². The number of thioether (sulfide) groups is 1. The van der Waals surface area contributed by atoms with Crippen LogP contribution in [0.4, 0.5) is 0 Å². The quantitative estimate of drug-likeness (QED) is 0.709. The number of H-pyrrole nitrogens is 1. The van der Waals surface area contributed by atoms with E-state index in [0.29, 0.717) is 18.7 Å². The fraction of sp³-hybridized carbons (Fsp3) is 0.667. The van der Waals surface area contributed by atoms with E-state index in [1.54, 1.807) is 12.4 Å². The highest BCUT2D eigenvalue weighted by atomic mass is 32.2. The molecule has 1 saturated heterocycles. The number of aromatic nitrogens is 2. The Morgan fingerprint density at radius 2 is 2.40 bits per heavy atom. The molecule has 1 atom stereocenters. The van der Waals surface area contributed by atoms with Crippen LogP contribution in [-0.4, -0.2) is 53.3 Å². The van der Waals surface area contributed by atoms with Gasteiger partial charge < -0.3 is 10.3 Å². The smallest absolute Gasteiger partial charge is 0.230 e. The van der Waals surface area contributed by atoms with Crippen LogP contribution in [0.1, 0.15) is 18.7 Å². The molecule has 6 nitrogen and oxygen atoms in total. The van der Waals surface area contributed by atoms with Crippen molar-refractivity contribution in [1.82, 2.24) is 15.3 Å². The summed E-state index contributed by atoms with van der Waals surface area (Å²) in [6.07, 6.45) is 5.79. The number of aryl methyl sites for hydroxylation is 1. The summed E-state index contributed by atoms with van der Waals surface area (Å²) in [6, 6.07) is 0. The van der Waals surface area contributed by atoms with E-state index in [0.717, 1.165) is 18.7 Å². The molecule has 112 valence electrons. The Morgan fingerprint density at radius 3 is 3.05 bits per heavy atom. The molecule has 20 heavy (non-hydrogen) atoms. The molecule has 0 spiro atoms. The van der Waals surface area contributed by atoms with Crippen LogP contribution >= 0.6 is 11.8 Å². The highest BCUT2D eigenvalue weighted by Gasteiger charge is 2.28. The van der Waals surface area contributed by atoms with Crippen LogP contribution in [0.15, 0.2) is 12.4 Å². The van der Waals surface area contributed by atoms with Crippen molar-refractivity contribution in [3.63, 3.8) is 0 Å². The van der Waals surface area contributed by atoms with Gasteiger partial charge in [0.2, 0.25) is 5.91 Å². The first-order chi connectivity index (χ1) is 9.55. The number of imidazole rings is 1. The maximum atomic E-state index is 11.6. The molecule has 1 aromatic rings. The molecule has 1 fully saturated rings. The maximum absolute atomic E-state index is 11.6. The summed E-state index contributed by atoms with van der Waals surface area (Å²) in [5, 5.41) is 2.92. The van der Waals surface area contributed by atoms with Crippen molar-refractivity contribution in [2.24, 2.45) is 0 Å². The molecule has 0 aromatic carbocycles. The Labute approximate surface area is 123 Å². The first-order valence-corrected chi connectivity index (χ1v) is 9.49. The molecule has 1 amide bonds. The predicted molar refractivity (Wildman–Crippen MR) is 79.4 cm³/mol. The number of amides is 1. The summed E-state index contributed by atoms with van der Waals surface area (Å²) >= 11 is 1.44. The van der Waals surface area contributed by atoms with Gasteiger partial charge in [-0.15, -0.1) is 11.8 Å². The molecular formula is C12H19N3O3S2. The third kappa shape index (κ3) is 5.16. The standard InChI is InChI=1S/C12H19N3O3S2/c16-12(8-19-10-3-7-20(17,18)9-10)15-4-1-2-11-13-5-6-14-11/h5-6,10H,1-4,7-9H2,(H,13,14)(H,15,16). The van der Waals surface area contributed by atoms with Gasteiger partial charge in [-0.05, 0) is 12.8 Å². The molecule has 0 bridgehead atoms. The van der Waals surface area contributed by atoms with E-state index in [2.05, 4.69) is 15.3 Å². The van der Waals surface area contributed by atoms with Crippen LogP contribution in [0.3, 0.4) is 0 Å². The van der Waals surface area contributed by atoms with Gasteiger partial charge in [-0.25, -0.2) is 13.4 Å². The summed E-state index contributed by atoms with van der Waals surface area (Å²) in [5.41, 5.74) is 0. The lowest BCUT2D eigenvalue weighted by Gasteiger charge is -2.08. The second-order valence-corrected chi connectivity index (χ2v) is 8.34. The van der Waals surface area contributed by atoms with Gasteiger partial charge in [0.25, 0.3) is 0 Å². The zero-order valence-corrected chi connectivity index (χ0v) is 12.8. The highest BCUT2D eigenvalue weighted by Crippen LogP contribution is 2.23. The summed E-state index contributed by atoms with van der Waals surface area (Å²) in [4.78, 5) is 18.7. The lowest BCUT2D eigenvalue weighted by atomic mass is 10.3. The first-order valence-electron chi connectivity index (χ1n) is 6.62. The van der Waals surface area contributed by atoms with Gasteiger partial charge in [0, 0.05) is 30.6 Å². The minimum Gasteiger partial charge on any atom is -0.355 e. The zero-order chi connectivity index (χ0) is 14.4. The monoisotopic (exact) mass is 317 g/mol. The van der Waals surface area contributed by atoms with Crippen LogP contribution in [0.5, 0.6) is 0 Å². The normalized spacial score (nSPS) is 20.9. The molecule has 1 aliphatic rings. The number of carbonyl (C=O) groups is 1. The van der Waals surface area contributed by atoms with Crippen molar-refractivity contribution < 1.29 is 13.2 Å². The number of aromatic amines is 1. The summed E-state index contributed by atoms with van der Waals surface area (Å²) < 4.78 is 22.6. The number of rotatable bonds is 7. The van der Waals surface area contributed by atoms with Gasteiger partial charge in [0.05, 0.1) is 17.3 Å². The molecule has 1 unspecified atom stereocenters. The molecule has 2 rings (SSSR count). The number of hydrogen-bond acceptors (Lipinski definition) is 5. The van der Waals surface area contributed by atoms with Gasteiger partial charge in [-0.2, -0.15) is 0 Å². The third-order valence-electron chi connectivity index (χ3n) is 3.11. The summed E-state index contributed by atoms with van der Waals surface area (Å²) in [5.74, 6) is 1.70. The molecule has 1 aliphatic heterocycles. The van der Waals surface area contributed by atoms with Crippen LogP contribution in [-0.2, 0) is 21.1 Å². The van der Waals surface area contributed by atoms with Crippen molar-refractivity contribution in [2.75, 3.05) is 23.8 Å². The van der Waals surface area contributed by atoms with Crippen LogP contribution in [0.25, 0.3) is 0 Å². The second kappa shape index (κ2) is 7.12. The van der Waals surface area contributed by atoms with E-state index in [9.17, 15) is 13.2 Å². The maximum Gasteiger partial charge on any atom is 0.230 e. The molecule has 2 heterocycles. The molecule has 8 heteroatoms. The Bertz CT molecular complexity index is 528. The number of nitrogens with zero attached hydrogens (tertiary/aromatic N) is 1. The van der Waals surface area contributed by atoms with Crippen molar-refractivity contribution in [2.45, 2.75) is 24.5 Å².